The lowest BCUT2D eigenvalue weighted by molar-refractivity contribution is 0.0977. The van der Waals surface area contributed by atoms with Gasteiger partial charge in [-0.3, -0.25) is 4.79 Å². The largest absolute Gasteiger partial charge is 0.304 e. The van der Waals surface area contributed by atoms with Gasteiger partial charge in [-0.1, -0.05) is 34.8 Å². The Hall–Kier alpha value is -2.06. The van der Waals surface area contributed by atoms with Gasteiger partial charge in [-0.25, -0.2) is 18.1 Å². The van der Waals surface area contributed by atoms with E-state index in [1.165, 1.54) is 41.4 Å². The molecule has 2 aromatic carbocycles. The Bertz CT molecular complexity index is 1080. The number of sulfonamides is 1. The minimum absolute atomic E-state index is 0.0902. The first kappa shape index (κ1) is 18.7. The van der Waals surface area contributed by atoms with E-state index >= 15 is 0 Å². The van der Waals surface area contributed by atoms with Crippen LogP contribution in [0.25, 0.3) is 5.69 Å². The molecule has 0 spiro atoms. The van der Waals surface area contributed by atoms with Gasteiger partial charge >= 0.3 is 0 Å². The maximum absolute atomic E-state index is 12.3. The van der Waals surface area contributed by atoms with Crippen LogP contribution in [0.15, 0.2) is 59.9 Å². The second-order valence-corrected chi connectivity index (χ2v) is 8.11. The van der Waals surface area contributed by atoms with E-state index in [1.54, 1.807) is 18.2 Å². The maximum Gasteiger partial charge on any atom is 0.285 e. The van der Waals surface area contributed by atoms with E-state index in [-0.39, 0.29) is 10.6 Å². The van der Waals surface area contributed by atoms with Crippen LogP contribution >= 0.6 is 34.8 Å². The number of carbonyl (C=O) groups excluding carboxylic acids is 1. The Morgan fingerprint density at radius 1 is 1.00 bits per heavy atom. The SMILES string of the molecule is O=C(NS(=O)(=O)c1ccc(Cl)cc1)c1cn(-c2cc(Cl)ccc2Cl)cn1. The summed E-state index contributed by atoms with van der Waals surface area (Å²) in [5, 5.41) is 1.23. The molecule has 10 heteroatoms. The molecule has 6 nitrogen and oxygen atoms in total. The first-order valence-electron chi connectivity index (χ1n) is 7.08. The molecule has 0 atom stereocenters. The van der Waals surface area contributed by atoms with Gasteiger partial charge < -0.3 is 4.57 Å². The fourth-order valence-corrected chi connectivity index (χ4v) is 3.57. The third-order valence-electron chi connectivity index (χ3n) is 3.35. The van der Waals surface area contributed by atoms with E-state index < -0.39 is 15.9 Å². The first-order chi connectivity index (χ1) is 12.3. The molecule has 0 unspecified atom stereocenters. The average Bonchev–Trinajstić information content (AvgIpc) is 3.07. The molecule has 1 amide bonds. The van der Waals surface area contributed by atoms with Gasteiger partial charge in [-0.15, -0.1) is 0 Å². The number of carbonyl (C=O) groups is 1. The van der Waals surface area contributed by atoms with E-state index in [4.69, 9.17) is 34.8 Å². The Morgan fingerprint density at radius 2 is 1.65 bits per heavy atom. The van der Waals surface area contributed by atoms with Crippen molar-refractivity contribution in [3.05, 3.63) is 75.8 Å². The molecule has 0 aliphatic heterocycles. The number of benzene rings is 2. The van der Waals surface area contributed by atoms with Gasteiger partial charge in [0.1, 0.15) is 12.0 Å². The predicted octanol–water partition coefficient (Wildman–Crippen LogP) is 3.95. The fraction of sp³-hybridized carbons (Fsp3) is 0. The van der Waals surface area contributed by atoms with Crippen molar-refractivity contribution in [1.29, 1.82) is 0 Å². The first-order valence-corrected chi connectivity index (χ1v) is 9.70. The Labute approximate surface area is 164 Å². The van der Waals surface area contributed by atoms with Crippen LogP contribution < -0.4 is 4.72 Å². The normalized spacial score (nSPS) is 11.3. The molecule has 134 valence electrons. The predicted molar refractivity (Wildman–Crippen MR) is 99.7 cm³/mol. The number of nitrogens with one attached hydrogen (secondary N) is 1. The van der Waals surface area contributed by atoms with Crippen molar-refractivity contribution in [3.63, 3.8) is 0 Å². The zero-order valence-electron chi connectivity index (χ0n) is 12.9. The quantitative estimate of drug-likeness (QED) is 0.679. The summed E-state index contributed by atoms with van der Waals surface area (Å²) in [6.07, 6.45) is 2.69. The Morgan fingerprint density at radius 3 is 2.35 bits per heavy atom. The van der Waals surface area contributed by atoms with Crippen LogP contribution in [-0.2, 0) is 10.0 Å². The molecule has 0 aliphatic carbocycles. The van der Waals surface area contributed by atoms with Gasteiger partial charge in [0.25, 0.3) is 15.9 Å². The zero-order valence-corrected chi connectivity index (χ0v) is 15.9. The fourth-order valence-electron chi connectivity index (χ4n) is 2.10. The summed E-state index contributed by atoms with van der Waals surface area (Å²) in [4.78, 5) is 16.1. The third kappa shape index (κ3) is 4.02. The lowest BCUT2D eigenvalue weighted by Gasteiger charge is -2.06. The van der Waals surface area contributed by atoms with Gasteiger partial charge in [-0.05, 0) is 42.5 Å². The summed E-state index contributed by atoms with van der Waals surface area (Å²) >= 11 is 17.8. The van der Waals surface area contributed by atoms with Gasteiger partial charge in [0.05, 0.1) is 15.6 Å². The molecule has 3 aromatic rings. The van der Waals surface area contributed by atoms with E-state index in [2.05, 4.69) is 4.98 Å². The summed E-state index contributed by atoms with van der Waals surface area (Å²) in [7, 11) is -4.05. The summed E-state index contributed by atoms with van der Waals surface area (Å²) in [6.45, 7) is 0. The number of halogens is 3. The highest BCUT2D eigenvalue weighted by Crippen LogP contribution is 2.24. The summed E-state index contributed by atoms with van der Waals surface area (Å²) in [5.74, 6) is -0.878. The van der Waals surface area contributed by atoms with Crippen LogP contribution in [0.1, 0.15) is 10.5 Å². The van der Waals surface area contributed by atoms with E-state index in [0.29, 0.717) is 20.8 Å². The molecule has 3 rings (SSSR count). The van der Waals surface area contributed by atoms with Gasteiger partial charge in [-0.2, -0.15) is 0 Å². The zero-order chi connectivity index (χ0) is 18.9. The molecule has 0 fully saturated rings. The Kier molecular flexibility index (Phi) is 5.24. The van der Waals surface area contributed by atoms with Crippen molar-refractivity contribution in [2.75, 3.05) is 0 Å². The van der Waals surface area contributed by atoms with Gasteiger partial charge in [0, 0.05) is 16.2 Å². The molecule has 0 radical (unpaired) electrons. The van der Waals surface area contributed by atoms with Crippen LogP contribution in [0, 0.1) is 0 Å². The highest BCUT2D eigenvalue weighted by atomic mass is 35.5. The molecular formula is C16H10Cl3N3O3S. The topological polar surface area (TPSA) is 81.1 Å². The van der Waals surface area contributed by atoms with Crippen LogP contribution in [0.5, 0.6) is 0 Å². The monoisotopic (exact) mass is 429 g/mol. The minimum atomic E-state index is -4.05. The van der Waals surface area contributed by atoms with Crippen molar-refractivity contribution in [2.24, 2.45) is 0 Å². The number of amides is 1. The highest BCUT2D eigenvalue weighted by Gasteiger charge is 2.20. The van der Waals surface area contributed by atoms with Crippen LogP contribution in [-0.4, -0.2) is 23.9 Å². The maximum atomic E-state index is 12.3. The summed E-state index contributed by atoms with van der Waals surface area (Å²) in [5.41, 5.74) is 0.407. The minimum Gasteiger partial charge on any atom is -0.304 e. The second kappa shape index (κ2) is 7.28. The summed E-state index contributed by atoms with van der Waals surface area (Å²) in [6, 6.07) is 10.2. The molecule has 0 saturated heterocycles. The van der Waals surface area contributed by atoms with Gasteiger partial charge in [0.2, 0.25) is 0 Å². The van der Waals surface area contributed by atoms with Crippen molar-refractivity contribution < 1.29 is 13.2 Å². The number of aromatic nitrogens is 2. The molecule has 1 N–H and O–H groups in total. The average molecular weight is 431 g/mol. The molecule has 0 bridgehead atoms. The Balaban J connectivity index is 1.84. The van der Waals surface area contributed by atoms with Crippen molar-refractivity contribution in [3.8, 4) is 5.69 Å². The summed E-state index contributed by atoms with van der Waals surface area (Å²) < 4.78 is 27.9. The number of nitrogens with zero attached hydrogens (tertiary/aromatic N) is 2. The van der Waals surface area contributed by atoms with Crippen LogP contribution in [0.4, 0.5) is 0 Å². The van der Waals surface area contributed by atoms with Crippen molar-refractivity contribution >= 4 is 50.7 Å². The second-order valence-electron chi connectivity index (χ2n) is 5.15. The number of rotatable bonds is 4. The van der Waals surface area contributed by atoms with E-state index in [0.717, 1.165) is 0 Å². The number of imidazole rings is 1. The van der Waals surface area contributed by atoms with Crippen LogP contribution in [0.2, 0.25) is 15.1 Å². The highest BCUT2D eigenvalue weighted by molar-refractivity contribution is 7.90. The molecule has 0 aliphatic rings. The molecule has 1 heterocycles. The molecule has 0 saturated carbocycles. The van der Waals surface area contributed by atoms with Crippen molar-refractivity contribution in [1.82, 2.24) is 14.3 Å². The van der Waals surface area contributed by atoms with E-state index in [9.17, 15) is 13.2 Å². The van der Waals surface area contributed by atoms with Crippen LogP contribution in [0.3, 0.4) is 0 Å². The van der Waals surface area contributed by atoms with E-state index in [1.807, 2.05) is 4.72 Å². The molecular weight excluding hydrogens is 421 g/mol. The number of hydrogen-bond acceptors (Lipinski definition) is 4. The lowest BCUT2D eigenvalue weighted by atomic mass is 10.3. The third-order valence-corrected chi connectivity index (χ3v) is 5.51. The molecule has 26 heavy (non-hydrogen) atoms. The number of hydrogen-bond donors (Lipinski definition) is 1. The lowest BCUT2D eigenvalue weighted by Crippen LogP contribution is -2.30. The standard InChI is InChI=1S/C16H10Cl3N3O3S/c17-10-1-4-12(5-2-10)26(24,25)21-16(23)14-8-22(9-20-14)15-7-11(18)3-6-13(15)19/h1-9H,(H,21,23). The van der Waals surface area contributed by atoms with Crippen molar-refractivity contribution in [2.45, 2.75) is 4.90 Å². The van der Waals surface area contributed by atoms with Gasteiger partial charge in [0.15, 0.2) is 0 Å². The smallest absolute Gasteiger partial charge is 0.285 e. The molecule has 1 aromatic heterocycles.